The number of amides is 1. The summed E-state index contributed by atoms with van der Waals surface area (Å²) in [6, 6.07) is 7.35. The van der Waals surface area contributed by atoms with Crippen LogP contribution in [0.4, 0.5) is 0 Å². The Labute approximate surface area is 134 Å². The van der Waals surface area contributed by atoms with Crippen molar-refractivity contribution >= 4 is 26.9 Å². The molecule has 0 radical (unpaired) electrons. The number of carbonyl (C=O) groups is 1. The molecule has 2 heterocycles. The molecule has 3 rings (SSSR count). The van der Waals surface area contributed by atoms with E-state index >= 15 is 0 Å². The predicted molar refractivity (Wildman–Crippen MR) is 85.3 cm³/mol. The number of fused-ring (bicyclic) bond motifs is 1. The molecule has 124 valence electrons. The van der Waals surface area contributed by atoms with Gasteiger partial charge in [0.15, 0.2) is 5.58 Å². The van der Waals surface area contributed by atoms with Crippen molar-refractivity contribution in [3.8, 4) is 0 Å². The number of rotatable bonds is 4. The molecule has 1 aromatic carbocycles. The van der Waals surface area contributed by atoms with E-state index in [4.69, 9.17) is 4.52 Å². The molecule has 23 heavy (non-hydrogen) atoms. The van der Waals surface area contributed by atoms with Crippen LogP contribution in [0.3, 0.4) is 0 Å². The SMILES string of the molecule is CS(=O)(=O)NC1CCN(C(=O)Cc2noc3ccccc23)CC1. The molecular formula is C15H19N3O4S. The molecule has 2 aromatic rings. The highest BCUT2D eigenvalue weighted by atomic mass is 32.2. The topological polar surface area (TPSA) is 92.5 Å². The van der Waals surface area contributed by atoms with Crippen molar-refractivity contribution in [2.24, 2.45) is 0 Å². The zero-order valence-electron chi connectivity index (χ0n) is 12.9. The van der Waals surface area contributed by atoms with Crippen molar-refractivity contribution in [2.75, 3.05) is 19.3 Å². The lowest BCUT2D eigenvalue weighted by Gasteiger charge is -2.31. The molecule has 1 amide bonds. The molecule has 1 aliphatic heterocycles. The lowest BCUT2D eigenvalue weighted by molar-refractivity contribution is -0.131. The van der Waals surface area contributed by atoms with Crippen LogP contribution in [-0.2, 0) is 21.2 Å². The van der Waals surface area contributed by atoms with Gasteiger partial charge in [0.25, 0.3) is 0 Å². The minimum absolute atomic E-state index is 0.0122. The number of para-hydroxylation sites is 1. The van der Waals surface area contributed by atoms with Crippen molar-refractivity contribution in [2.45, 2.75) is 25.3 Å². The standard InChI is InChI=1S/C15H19N3O4S/c1-23(20,21)17-11-6-8-18(9-7-11)15(19)10-13-12-4-2-3-5-14(12)22-16-13/h2-5,11,17H,6-10H2,1H3. The van der Waals surface area contributed by atoms with Gasteiger partial charge in [-0.25, -0.2) is 13.1 Å². The van der Waals surface area contributed by atoms with E-state index in [-0.39, 0.29) is 18.4 Å². The van der Waals surface area contributed by atoms with Gasteiger partial charge in [-0.1, -0.05) is 17.3 Å². The maximum absolute atomic E-state index is 12.4. The molecule has 0 spiro atoms. The zero-order valence-corrected chi connectivity index (χ0v) is 13.7. The molecular weight excluding hydrogens is 318 g/mol. The molecule has 0 bridgehead atoms. The van der Waals surface area contributed by atoms with E-state index in [9.17, 15) is 13.2 Å². The monoisotopic (exact) mass is 337 g/mol. The van der Waals surface area contributed by atoms with Crippen molar-refractivity contribution in [3.05, 3.63) is 30.0 Å². The van der Waals surface area contributed by atoms with Crippen molar-refractivity contribution in [1.82, 2.24) is 14.8 Å². The van der Waals surface area contributed by atoms with Crippen LogP contribution >= 0.6 is 0 Å². The number of sulfonamides is 1. The lowest BCUT2D eigenvalue weighted by atomic mass is 10.1. The number of aromatic nitrogens is 1. The molecule has 1 aromatic heterocycles. The number of hydrogen-bond acceptors (Lipinski definition) is 5. The first kappa shape index (κ1) is 15.9. The van der Waals surface area contributed by atoms with E-state index in [1.807, 2.05) is 24.3 Å². The summed E-state index contributed by atoms with van der Waals surface area (Å²) < 4.78 is 30.3. The highest BCUT2D eigenvalue weighted by Gasteiger charge is 2.25. The molecule has 1 aliphatic rings. The Kier molecular flexibility index (Phi) is 4.36. The largest absolute Gasteiger partial charge is 0.356 e. The summed E-state index contributed by atoms with van der Waals surface area (Å²) in [5, 5.41) is 4.84. The summed E-state index contributed by atoms with van der Waals surface area (Å²) in [6.07, 6.45) is 2.60. The molecule has 1 fully saturated rings. The minimum atomic E-state index is -3.20. The maximum Gasteiger partial charge on any atom is 0.228 e. The van der Waals surface area contributed by atoms with Crippen LogP contribution in [0.2, 0.25) is 0 Å². The Balaban J connectivity index is 1.60. The summed E-state index contributed by atoms with van der Waals surface area (Å²) in [5.74, 6) is -0.0122. The second kappa shape index (κ2) is 6.29. The molecule has 0 unspecified atom stereocenters. The first-order valence-electron chi connectivity index (χ1n) is 7.51. The van der Waals surface area contributed by atoms with Crippen molar-refractivity contribution < 1.29 is 17.7 Å². The Morgan fingerprint density at radius 1 is 1.35 bits per heavy atom. The lowest BCUT2D eigenvalue weighted by Crippen LogP contribution is -2.46. The van der Waals surface area contributed by atoms with Crippen LogP contribution in [0.25, 0.3) is 11.0 Å². The number of nitrogens with zero attached hydrogens (tertiary/aromatic N) is 2. The molecule has 7 nitrogen and oxygen atoms in total. The van der Waals surface area contributed by atoms with Gasteiger partial charge in [0, 0.05) is 24.5 Å². The van der Waals surface area contributed by atoms with E-state index in [1.54, 1.807) is 4.90 Å². The van der Waals surface area contributed by atoms with Gasteiger partial charge < -0.3 is 9.42 Å². The Bertz CT molecular complexity index is 807. The smallest absolute Gasteiger partial charge is 0.228 e. The Hall–Kier alpha value is -1.93. The Morgan fingerprint density at radius 3 is 2.74 bits per heavy atom. The highest BCUT2D eigenvalue weighted by molar-refractivity contribution is 7.88. The third-order valence-corrected chi connectivity index (χ3v) is 4.76. The van der Waals surface area contributed by atoms with E-state index < -0.39 is 10.0 Å². The number of nitrogens with one attached hydrogen (secondary N) is 1. The van der Waals surface area contributed by atoms with Crippen LogP contribution in [0, 0.1) is 0 Å². The zero-order chi connectivity index (χ0) is 16.4. The first-order valence-corrected chi connectivity index (χ1v) is 9.40. The van der Waals surface area contributed by atoms with Gasteiger partial charge in [0.2, 0.25) is 15.9 Å². The van der Waals surface area contributed by atoms with Crippen LogP contribution in [0.15, 0.2) is 28.8 Å². The quantitative estimate of drug-likeness (QED) is 0.895. The van der Waals surface area contributed by atoms with Gasteiger partial charge in [0.05, 0.1) is 12.7 Å². The van der Waals surface area contributed by atoms with Gasteiger partial charge in [0.1, 0.15) is 5.69 Å². The molecule has 0 saturated carbocycles. The summed E-state index contributed by atoms with van der Waals surface area (Å²) in [6.45, 7) is 1.09. The van der Waals surface area contributed by atoms with Gasteiger partial charge in [-0.3, -0.25) is 4.79 Å². The third kappa shape index (κ3) is 3.89. The summed E-state index contributed by atoms with van der Waals surface area (Å²) in [4.78, 5) is 14.2. The second-order valence-electron chi connectivity index (χ2n) is 5.85. The first-order chi connectivity index (χ1) is 10.9. The average molecular weight is 337 g/mol. The van der Waals surface area contributed by atoms with E-state index in [2.05, 4.69) is 9.88 Å². The number of carbonyl (C=O) groups excluding carboxylic acids is 1. The average Bonchev–Trinajstić information content (AvgIpc) is 2.90. The van der Waals surface area contributed by atoms with Gasteiger partial charge in [-0.15, -0.1) is 0 Å². The van der Waals surface area contributed by atoms with Crippen molar-refractivity contribution in [3.63, 3.8) is 0 Å². The number of piperidine rings is 1. The molecule has 0 aliphatic carbocycles. The van der Waals surface area contributed by atoms with E-state index in [0.717, 1.165) is 11.6 Å². The van der Waals surface area contributed by atoms with Crippen molar-refractivity contribution in [1.29, 1.82) is 0 Å². The number of benzene rings is 1. The highest BCUT2D eigenvalue weighted by Crippen LogP contribution is 2.19. The fraction of sp³-hybridized carbons (Fsp3) is 0.467. The normalized spacial score (nSPS) is 16.8. The molecule has 8 heteroatoms. The minimum Gasteiger partial charge on any atom is -0.356 e. The Morgan fingerprint density at radius 2 is 2.04 bits per heavy atom. The van der Waals surface area contributed by atoms with Gasteiger partial charge in [-0.05, 0) is 25.0 Å². The summed E-state index contributed by atoms with van der Waals surface area (Å²) in [5.41, 5.74) is 1.31. The van der Waals surface area contributed by atoms with Crippen LogP contribution < -0.4 is 4.72 Å². The third-order valence-electron chi connectivity index (χ3n) is 4.00. The number of hydrogen-bond donors (Lipinski definition) is 1. The van der Waals surface area contributed by atoms with Gasteiger partial charge in [-0.2, -0.15) is 0 Å². The molecule has 1 N–H and O–H groups in total. The van der Waals surface area contributed by atoms with Gasteiger partial charge >= 0.3 is 0 Å². The summed E-state index contributed by atoms with van der Waals surface area (Å²) in [7, 11) is -3.20. The number of likely N-dealkylation sites (tertiary alicyclic amines) is 1. The molecule has 1 saturated heterocycles. The fourth-order valence-electron chi connectivity index (χ4n) is 2.87. The molecule has 0 atom stereocenters. The predicted octanol–water partition coefficient (Wildman–Crippen LogP) is 0.910. The van der Waals surface area contributed by atoms with Crippen LogP contribution in [0.1, 0.15) is 18.5 Å². The van der Waals surface area contributed by atoms with E-state index in [0.29, 0.717) is 37.2 Å². The maximum atomic E-state index is 12.4. The van der Waals surface area contributed by atoms with E-state index in [1.165, 1.54) is 0 Å². The fourth-order valence-corrected chi connectivity index (χ4v) is 3.71. The van der Waals surface area contributed by atoms with Crippen LogP contribution in [-0.4, -0.2) is 49.8 Å². The second-order valence-corrected chi connectivity index (χ2v) is 7.63. The van der Waals surface area contributed by atoms with Crippen LogP contribution in [0.5, 0.6) is 0 Å². The summed E-state index contributed by atoms with van der Waals surface area (Å²) >= 11 is 0.